The third kappa shape index (κ3) is 3.21. The molecule has 2 aromatic rings. The van der Waals surface area contributed by atoms with Crippen LogP contribution in [0.2, 0.25) is 5.02 Å². The second-order valence-electron chi connectivity index (χ2n) is 5.61. The molecular weight excluding hydrogens is 370 g/mol. The Kier molecular flexibility index (Phi) is 4.96. The predicted octanol–water partition coefficient (Wildman–Crippen LogP) is 1.97. The van der Waals surface area contributed by atoms with Crippen LogP contribution in [0, 0.1) is 0 Å². The van der Waals surface area contributed by atoms with Gasteiger partial charge < -0.3 is 9.84 Å². The van der Waals surface area contributed by atoms with Crippen LogP contribution in [0.25, 0.3) is 0 Å². The van der Waals surface area contributed by atoms with E-state index in [2.05, 4.69) is 12.6 Å². The van der Waals surface area contributed by atoms with Crippen LogP contribution in [-0.2, 0) is 11.3 Å². The van der Waals surface area contributed by atoms with E-state index < -0.39 is 29.8 Å². The molecule has 2 unspecified atom stereocenters. The van der Waals surface area contributed by atoms with Crippen molar-refractivity contribution in [2.45, 2.75) is 31.7 Å². The molecule has 2 atom stereocenters. The number of nitrogens with zero attached hydrogens (tertiary/aromatic N) is 3. The number of hydrogen-bond donors (Lipinski definition) is 2. The molecule has 134 valence electrons. The van der Waals surface area contributed by atoms with Gasteiger partial charge in [0.1, 0.15) is 0 Å². The minimum Gasteiger partial charge on any atom is -0.450 e. The van der Waals surface area contributed by atoms with Gasteiger partial charge in [-0.3, -0.25) is 0 Å². The van der Waals surface area contributed by atoms with Crippen LogP contribution in [0.3, 0.4) is 0 Å². The highest BCUT2D eigenvalue weighted by atomic mass is 35.5. The zero-order chi connectivity index (χ0) is 18.1. The fourth-order valence-electron chi connectivity index (χ4n) is 3.11. The molecule has 0 fully saturated rings. The monoisotopic (exact) mass is 385 g/mol. The molecule has 1 N–H and O–H groups in total. The van der Waals surface area contributed by atoms with Crippen LogP contribution in [0.4, 0.5) is 4.79 Å². The summed E-state index contributed by atoms with van der Waals surface area (Å²) in [6.07, 6.45) is -1.81. The van der Waals surface area contributed by atoms with E-state index in [4.69, 9.17) is 21.4 Å². The topological polar surface area (TPSA) is 95.5 Å². The van der Waals surface area contributed by atoms with Gasteiger partial charge in [-0.1, -0.05) is 23.7 Å². The fourth-order valence-corrected chi connectivity index (χ4v) is 3.44. The van der Waals surface area contributed by atoms with Crippen LogP contribution < -0.4 is 11.4 Å². The van der Waals surface area contributed by atoms with Gasteiger partial charge in [0.15, 0.2) is 0 Å². The summed E-state index contributed by atoms with van der Waals surface area (Å²) < 4.78 is 8.21. The molecule has 1 aromatic carbocycles. The third-order valence-corrected chi connectivity index (χ3v) is 4.61. The van der Waals surface area contributed by atoms with E-state index in [0.29, 0.717) is 17.2 Å². The molecule has 25 heavy (non-hydrogen) atoms. The Morgan fingerprint density at radius 3 is 2.44 bits per heavy atom. The van der Waals surface area contributed by atoms with Crippen molar-refractivity contribution in [3.05, 3.63) is 55.8 Å². The molecule has 2 heterocycles. The molecule has 0 radical (unpaired) electrons. The van der Waals surface area contributed by atoms with Gasteiger partial charge in [0.2, 0.25) is 6.23 Å². The molecule has 3 rings (SSSR count). The smallest absolute Gasteiger partial charge is 0.450 e. The van der Waals surface area contributed by atoms with Gasteiger partial charge in [0, 0.05) is 23.7 Å². The van der Waals surface area contributed by atoms with Gasteiger partial charge in [0.05, 0.1) is 6.04 Å². The summed E-state index contributed by atoms with van der Waals surface area (Å²) in [7, 11) is 0. The molecule has 0 aliphatic carbocycles. The number of ether oxygens (including phenoxy) is 1. The van der Waals surface area contributed by atoms with E-state index in [1.807, 2.05) is 0 Å². The number of thiol groups is 1. The van der Waals surface area contributed by atoms with Crippen LogP contribution in [0.15, 0.2) is 33.9 Å². The van der Waals surface area contributed by atoms with Crippen molar-refractivity contribution in [1.29, 1.82) is 0 Å². The molecule has 1 aliphatic rings. The summed E-state index contributed by atoms with van der Waals surface area (Å²) in [6.45, 7) is 0.126. The summed E-state index contributed by atoms with van der Waals surface area (Å²) in [6, 6.07) is 6.56. The molecule has 0 saturated heterocycles. The van der Waals surface area contributed by atoms with Crippen molar-refractivity contribution >= 4 is 30.4 Å². The lowest BCUT2D eigenvalue weighted by Gasteiger charge is -2.30. The first-order chi connectivity index (χ1) is 11.9. The quantitative estimate of drug-likeness (QED) is 0.619. The van der Waals surface area contributed by atoms with E-state index >= 15 is 0 Å². The van der Waals surface area contributed by atoms with Crippen molar-refractivity contribution in [3.8, 4) is 0 Å². The second-order valence-corrected chi connectivity index (χ2v) is 6.50. The van der Waals surface area contributed by atoms with Gasteiger partial charge in [-0.25, -0.2) is 23.6 Å². The lowest BCUT2D eigenvalue weighted by atomic mass is 10.0. The Morgan fingerprint density at radius 2 is 1.84 bits per heavy atom. The van der Waals surface area contributed by atoms with Gasteiger partial charge in [-0.05, 0) is 24.1 Å². The number of fused-ring (bicyclic) bond motifs is 1. The highest BCUT2D eigenvalue weighted by molar-refractivity contribution is 7.80. The molecule has 0 saturated carbocycles. The molecule has 0 bridgehead atoms. The molecule has 1 aromatic heterocycles. The van der Waals surface area contributed by atoms with Crippen molar-refractivity contribution < 1.29 is 14.6 Å². The van der Waals surface area contributed by atoms with E-state index in [1.165, 1.54) is 4.68 Å². The van der Waals surface area contributed by atoms with Crippen LogP contribution >= 0.6 is 24.2 Å². The molecule has 10 heteroatoms. The highest BCUT2D eigenvalue weighted by Crippen LogP contribution is 2.31. The Labute approximate surface area is 152 Å². The number of halogens is 1. The van der Waals surface area contributed by atoms with Crippen LogP contribution in [-0.4, -0.2) is 30.9 Å². The van der Waals surface area contributed by atoms with Crippen LogP contribution in [0.1, 0.15) is 30.7 Å². The van der Waals surface area contributed by atoms with Gasteiger partial charge in [0.25, 0.3) is 0 Å². The molecule has 0 amide bonds. The minimum atomic E-state index is -1.50. The maximum absolute atomic E-state index is 12.7. The van der Waals surface area contributed by atoms with Crippen molar-refractivity contribution in [1.82, 2.24) is 13.9 Å². The first kappa shape index (κ1) is 17.7. The summed E-state index contributed by atoms with van der Waals surface area (Å²) in [4.78, 5) is 36.3. The molecular formula is C15H16ClN3O5S. The van der Waals surface area contributed by atoms with Gasteiger partial charge in [-0.2, -0.15) is 17.3 Å². The predicted molar refractivity (Wildman–Crippen MR) is 93.8 cm³/mol. The van der Waals surface area contributed by atoms with E-state index in [1.54, 1.807) is 24.3 Å². The van der Waals surface area contributed by atoms with E-state index in [0.717, 1.165) is 14.8 Å². The van der Waals surface area contributed by atoms with Crippen molar-refractivity contribution in [2.75, 3.05) is 5.75 Å². The summed E-state index contributed by atoms with van der Waals surface area (Å²) in [5.74, 6) is 0.301. The Balaban J connectivity index is 2.16. The Morgan fingerprint density at radius 1 is 1.20 bits per heavy atom. The lowest BCUT2D eigenvalue weighted by molar-refractivity contribution is -0.0197. The summed E-state index contributed by atoms with van der Waals surface area (Å²) >= 11 is 9.98. The summed E-state index contributed by atoms with van der Waals surface area (Å²) in [5.41, 5.74) is -0.321. The fraction of sp³-hybridized carbons (Fsp3) is 0.400. The molecule has 1 aliphatic heterocycles. The zero-order valence-corrected chi connectivity index (χ0v) is 14.7. The molecule has 0 spiro atoms. The minimum absolute atomic E-state index is 0.126. The number of hydrogen-bond acceptors (Lipinski definition) is 5. The first-order valence-corrected chi connectivity index (χ1v) is 8.65. The normalized spacial score (nSPS) is 19.4. The average Bonchev–Trinajstić information content (AvgIpc) is 2.82. The standard InChI is InChI=1S/C15H16ClN3O5S/c16-10-3-1-9(2-4-10)11-5-6-12(24-15(22)23)19-14(21)17(7-8-25)13(20)18(11)19/h1-4,11-12,25H,5-8H2,(H,22,23). The number of carbonyl (C=O) groups is 1. The number of aromatic nitrogens is 3. The highest BCUT2D eigenvalue weighted by Gasteiger charge is 2.34. The Hall–Kier alpha value is -2.13. The summed E-state index contributed by atoms with van der Waals surface area (Å²) in [5, 5.41) is 9.48. The largest absolute Gasteiger partial charge is 0.507 e. The second kappa shape index (κ2) is 7.01. The van der Waals surface area contributed by atoms with Gasteiger partial charge in [-0.15, -0.1) is 0 Å². The van der Waals surface area contributed by atoms with Crippen molar-refractivity contribution in [2.24, 2.45) is 0 Å². The zero-order valence-electron chi connectivity index (χ0n) is 13.0. The average molecular weight is 386 g/mol. The lowest BCUT2D eigenvalue weighted by Crippen LogP contribution is -2.39. The van der Waals surface area contributed by atoms with E-state index in [-0.39, 0.29) is 13.0 Å². The SMILES string of the molecule is O=C(O)OC1CCC(c2ccc(Cl)cc2)n2c(=O)n(CCS)c(=O)n21. The first-order valence-electron chi connectivity index (χ1n) is 7.63. The van der Waals surface area contributed by atoms with Crippen molar-refractivity contribution in [3.63, 3.8) is 0 Å². The number of rotatable bonds is 4. The van der Waals surface area contributed by atoms with Gasteiger partial charge >= 0.3 is 17.5 Å². The maximum atomic E-state index is 12.7. The molecule has 8 nitrogen and oxygen atoms in total. The third-order valence-electron chi connectivity index (χ3n) is 4.16. The Bertz CT molecular complexity index is 901. The number of benzene rings is 1. The van der Waals surface area contributed by atoms with Crippen LogP contribution in [0.5, 0.6) is 0 Å². The maximum Gasteiger partial charge on any atom is 0.507 e. The van der Waals surface area contributed by atoms with E-state index in [9.17, 15) is 14.4 Å². The number of carboxylic acid groups (broad SMARTS) is 1.